The molecule has 0 spiro atoms. The average Bonchev–Trinajstić information content (AvgIpc) is 2.43. The summed E-state index contributed by atoms with van der Waals surface area (Å²) in [5.74, 6) is 10.1. The molecule has 2 nitrogen and oxygen atoms in total. The lowest BCUT2D eigenvalue weighted by atomic mass is 9.50. The van der Waals surface area contributed by atoms with Gasteiger partial charge in [-0.25, -0.2) is 0 Å². The van der Waals surface area contributed by atoms with Crippen molar-refractivity contribution < 1.29 is 4.74 Å². The zero-order chi connectivity index (χ0) is 13.4. The highest BCUT2D eigenvalue weighted by atomic mass is 16.5. The second-order valence-corrected chi connectivity index (χ2v) is 7.78. The van der Waals surface area contributed by atoms with Gasteiger partial charge in [0, 0.05) is 12.0 Å². The van der Waals surface area contributed by atoms with Crippen molar-refractivity contribution in [1.82, 2.24) is 5.32 Å². The lowest BCUT2D eigenvalue weighted by molar-refractivity contribution is -0.0184. The van der Waals surface area contributed by atoms with Gasteiger partial charge < -0.3 is 10.1 Å². The van der Waals surface area contributed by atoms with Crippen LogP contribution >= 0.6 is 0 Å². The monoisotopic (exact) mass is 273 g/mol. The Labute approximate surface area is 123 Å². The maximum Gasteiger partial charge on any atom is 0.108 e. The molecule has 5 aliphatic rings. The van der Waals surface area contributed by atoms with Gasteiger partial charge in [0.2, 0.25) is 0 Å². The molecule has 4 saturated carbocycles. The molecule has 0 aromatic carbocycles. The van der Waals surface area contributed by atoms with Gasteiger partial charge in [-0.15, -0.1) is 0 Å². The van der Waals surface area contributed by atoms with E-state index in [9.17, 15) is 0 Å². The molecule has 1 saturated heterocycles. The third kappa shape index (κ3) is 2.63. The Kier molecular flexibility index (Phi) is 3.52. The minimum absolute atomic E-state index is 0.392. The van der Waals surface area contributed by atoms with Crippen LogP contribution in [0, 0.1) is 35.0 Å². The zero-order valence-corrected chi connectivity index (χ0v) is 12.5. The van der Waals surface area contributed by atoms with Crippen molar-refractivity contribution in [3.8, 4) is 11.8 Å². The summed E-state index contributed by atoms with van der Waals surface area (Å²) in [5, 5.41) is 3.40. The van der Waals surface area contributed by atoms with Crippen molar-refractivity contribution >= 4 is 0 Å². The predicted octanol–water partition coefficient (Wildman–Crippen LogP) is 2.97. The Morgan fingerprint density at radius 1 is 1.05 bits per heavy atom. The summed E-state index contributed by atoms with van der Waals surface area (Å²) in [6, 6.07) is 0. The minimum atomic E-state index is 0.392. The van der Waals surface area contributed by atoms with Crippen LogP contribution in [-0.2, 0) is 4.74 Å². The fraction of sp³-hybridized carbons (Fsp3) is 0.889. The molecule has 110 valence electrons. The summed E-state index contributed by atoms with van der Waals surface area (Å²) >= 11 is 0. The molecule has 1 aliphatic heterocycles. The highest BCUT2D eigenvalue weighted by molar-refractivity contribution is 5.18. The van der Waals surface area contributed by atoms with Gasteiger partial charge in [-0.2, -0.15) is 0 Å². The van der Waals surface area contributed by atoms with Crippen LogP contribution in [0.3, 0.4) is 0 Å². The molecule has 1 N–H and O–H groups in total. The highest BCUT2D eigenvalue weighted by Gasteiger charge is 2.50. The second kappa shape index (κ2) is 5.35. The van der Waals surface area contributed by atoms with Crippen LogP contribution in [0.5, 0.6) is 0 Å². The summed E-state index contributed by atoms with van der Waals surface area (Å²) in [6.07, 6.45) is 11.5. The van der Waals surface area contributed by atoms with Gasteiger partial charge in [0.05, 0.1) is 6.10 Å². The van der Waals surface area contributed by atoms with E-state index in [-0.39, 0.29) is 0 Å². The van der Waals surface area contributed by atoms with E-state index in [1.165, 1.54) is 51.4 Å². The van der Waals surface area contributed by atoms with E-state index in [0.29, 0.717) is 18.1 Å². The Morgan fingerprint density at radius 2 is 1.75 bits per heavy atom. The number of ether oxygens (including phenoxy) is 1. The zero-order valence-electron chi connectivity index (χ0n) is 12.5. The maximum atomic E-state index is 5.91. The summed E-state index contributed by atoms with van der Waals surface area (Å²) in [5.41, 5.74) is 0.392. The summed E-state index contributed by atoms with van der Waals surface area (Å²) in [6.45, 7) is 2.81. The van der Waals surface area contributed by atoms with Crippen molar-refractivity contribution in [2.45, 2.75) is 57.5 Å². The molecular formula is C18H27NO. The van der Waals surface area contributed by atoms with Crippen molar-refractivity contribution in [1.29, 1.82) is 0 Å². The first-order valence-corrected chi connectivity index (χ1v) is 8.64. The van der Waals surface area contributed by atoms with Crippen molar-refractivity contribution in [2.24, 2.45) is 23.2 Å². The number of nitrogens with one attached hydrogen (secondary N) is 1. The first-order chi connectivity index (χ1) is 9.81. The predicted molar refractivity (Wildman–Crippen MR) is 80.2 cm³/mol. The highest BCUT2D eigenvalue weighted by Crippen LogP contribution is 2.59. The van der Waals surface area contributed by atoms with Crippen molar-refractivity contribution in [2.75, 3.05) is 19.7 Å². The SMILES string of the molecule is C(#CC12CC3CC(CC(C3)C1)C2)COC1CCCNC1. The smallest absolute Gasteiger partial charge is 0.108 e. The van der Waals surface area contributed by atoms with E-state index in [0.717, 1.165) is 30.8 Å². The van der Waals surface area contributed by atoms with Crippen LogP contribution in [0.4, 0.5) is 0 Å². The van der Waals surface area contributed by atoms with E-state index >= 15 is 0 Å². The van der Waals surface area contributed by atoms with E-state index in [2.05, 4.69) is 17.2 Å². The first-order valence-electron chi connectivity index (χ1n) is 8.64. The standard InChI is InChI=1S/C18H27NO/c1-3-17(13-19-5-1)20-6-2-4-18-10-14-7-15(11-18)9-16(8-14)12-18/h14-17,19H,1,3,5-13H2. The van der Waals surface area contributed by atoms with Gasteiger partial charge in [-0.3, -0.25) is 0 Å². The third-order valence-corrected chi connectivity index (χ3v) is 6.03. The largest absolute Gasteiger partial charge is 0.364 e. The average molecular weight is 273 g/mol. The number of rotatable bonds is 2. The Morgan fingerprint density at radius 3 is 2.35 bits per heavy atom. The van der Waals surface area contributed by atoms with Crippen molar-refractivity contribution in [3.05, 3.63) is 0 Å². The molecule has 4 bridgehead atoms. The van der Waals surface area contributed by atoms with E-state index in [4.69, 9.17) is 4.74 Å². The first kappa shape index (κ1) is 13.2. The number of hydrogen-bond acceptors (Lipinski definition) is 2. The molecule has 20 heavy (non-hydrogen) atoms. The summed E-state index contributed by atoms with van der Waals surface area (Å²) in [7, 11) is 0. The van der Waals surface area contributed by atoms with Crippen molar-refractivity contribution in [3.63, 3.8) is 0 Å². The quantitative estimate of drug-likeness (QED) is 0.781. The molecular weight excluding hydrogens is 246 g/mol. The van der Waals surface area contributed by atoms with Crippen LogP contribution in [0.2, 0.25) is 0 Å². The molecule has 2 heteroatoms. The molecule has 0 amide bonds. The van der Waals surface area contributed by atoms with Gasteiger partial charge in [0.25, 0.3) is 0 Å². The van der Waals surface area contributed by atoms with Crippen LogP contribution in [-0.4, -0.2) is 25.8 Å². The van der Waals surface area contributed by atoms with Gasteiger partial charge in [0.1, 0.15) is 6.61 Å². The van der Waals surface area contributed by atoms with E-state index in [1.54, 1.807) is 0 Å². The van der Waals surface area contributed by atoms with Gasteiger partial charge >= 0.3 is 0 Å². The van der Waals surface area contributed by atoms with Gasteiger partial charge in [0.15, 0.2) is 0 Å². The lowest BCUT2D eigenvalue weighted by Crippen LogP contribution is -2.45. The molecule has 0 radical (unpaired) electrons. The molecule has 1 heterocycles. The molecule has 4 aliphatic carbocycles. The van der Waals surface area contributed by atoms with Gasteiger partial charge in [-0.1, -0.05) is 11.8 Å². The van der Waals surface area contributed by atoms with Crippen LogP contribution in [0.15, 0.2) is 0 Å². The van der Waals surface area contributed by atoms with Gasteiger partial charge in [-0.05, 0) is 75.7 Å². The molecule has 0 aromatic heterocycles. The summed E-state index contributed by atoms with van der Waals surface area (Å²) in [4.78, 5) is 0. The number of hydrogen-bond donors (Lipinski definition) is 1. The van der Waals surface area contributed by atoms with E-state index < -0.39 is 0 Å². The lowest BCUT2D eigenvalue weighted by Gasteiger charge is -2.54. The molecule has 5 rings (SSSR count). The Hall–Kier alpha value is -0.520. The minimum Gasteiger partial charge on any atom is -0.364 e. The molecule has 1 unspecified atom stereocenters. The van der Waals surface area contributed by atoms with E-state index in [1.807, 2.05) is 0 Å². The summed E-state index contributed by atoms with van der Waals surface area (Å²) < 4.78 is 5.91. The molecule has 5 fully saturated rings. The fourth-order valence-corrected chi connectivity index (χ4v) is 5.61. The topological polar surface area (TPSA) is 21.3 Å². The normalized spacial score (nSPS) is 46.0. The van der Waals surface area contributed by atoms with Crippen LogP contribution in [0.1, 0.15) is 51.4 Å². The second-order valence-electron chi connectivity index (χ2n) is 7.78. The molecule has 0 aromatic rings. The Bertz CT molecular complexity index is 378. The maximum absolute atomic E-state index is 5.91. The van der Waals surface area contributed by atoms with Crippen LogP contribution < -0.4 is 5.32 Å². The fourth-order valence-electron chi connectivity index (χ4n) is 5.61. The third-order valence-electron chi connectivity index (χ3n) is 6.03. The Balaban J connectivity index is 1.33. The number of piperidine rings is 1. The molecule has 1 atom stereocenters. The van der Waals surface area contributed by atoms with Crippen LogP contribution in [0.25, 0.3) is 0 Å².